The van der Waals surface area contributed by atoms with Crippen molar-refractivity contribution in [3.8, 4) is 5.75 Å². The number of nitrogens with one attached hydrogen (secondary N) is 3. The molecule has 1 aromatic carbocycles. The SMILES string of the molecule is CC(=O)NC(=S)NNC(=O)COc1ccc(C(C)C)cc1Br. The van der Waals surface area contributed by atoms with Gasteiger partial charge in [0, 0.05) is 6.92 Å². The summed E-state index contributed by atoms with van der Waals surface area (Å²) in [7, 11) is 0. The van der Waals surface area contributed by atoms with Crippen LogP contribution in [0.4, 0.5) is 0 Å². The van der Waals surface area contributed by atoms with Gasteiger partial charge in [-0.25, -0.2) is 0 Å². The lowest BCUT2D eigenvalue weighted by atomic mass is 10.0. The minimum atomic E-state index is -0.424. The van der Waals surface area contributed by atoms with E-state index in [1.165, 1.54) is 12.5 Å². The van der Waals surface area contributed by atoms with Crippen LogP contribution in [0.5, 0.6) is 5.75 Å². The van der Waals surface area contributed by atoms with E-state index in [9.17, 15) is 9.59 Å². The Labute approximate surface area is 143 Å². The van der Waals surface area contributed by atoms with Crippen molar-refractivity contribution in [3.05, 3.63) is 28.2 Å². The largest absolute Gasteiger partial charge is 0.483 e. The molecular formula is C14H18BrN3O3S. The van der Waals surface area contributed by atoms with Crippen molar-refractivity contribution in [2.75, 3.05) is 6.61 Å². The predicted octanol–water partition coefficient (Wildman–Crippen LogP) is 1.99. The van der Waals surface area contributed by atoms with Crippen LogP contribution >= 0.6 is 28.1 Å². The van der Waals surface area contributed by atoms with Gasteiger partial charge in [-0.05, 0) is 51.8 Å². The number of hydrogen-bond acceptors (Lipinski definition) is 4. The maximum atomic E-state index is 11.6. The van der Waals surface area contributed by atoms with Crippen LogP contribution in [-0.4, -0.2) is 23.5 Å². The molecule has 3 N–H and O–H groups in total. The lowest BCUT2D eigenvalue weighted by Crippen LogP contribution is -2.49. The summed E-state index contributed by atoms with van der Waals surface area (Å²) in [6, 6.07) is 5.72. The molecule has 0 aliphatic carbocycles. The molecule has 22 heavy (non-hydrogen) atoms. The third-order valence-corrected chi connectivity index (χ3v) is 3.41. The van der Waals surface area contributed by atoms with Crippen LogP contribution in [0.25, 0.3) is 0 Å². The van der Waals surface area contributed by atoms with Gasteiger partial charge < -0.3 is 10.1 Å². The molecule has 1 rings (SSSR count). The van der Waals surface area contributed by atoms with Crippen LogP contribution in [0.1, 0.15) is 32.3 Å². The van der Waals surface area contributed by atoms with Crippen LogP contribution in [0.3, 0.4) is 0 Å². The molecule has 0 bridgehead atoms. The minimum absolute atomic E-state index is 0.0170. The lowest BCUT2D eigenvalue weighted by molar-refractivity contribution is -0.124. The number of halogens is 1. The molecule has 0 saturated carbocycles. The number of hydrogen-bond donors (Lipinski definition) is 3. The van der Waals surface area contributed by atoms with Crippen molar-refractivity contribution in [2.24, 2.45) is 0 Å². The molecular weight excluding hydrogens is 370 g/mol. The number of benzene rings is 1. The Morgan fingerprint density at radius 3 is 2.55 bits per heavy atom. The molecule has 0 unspecified atom stereocenters. The second-order valence-corrected chi connectivity index (χ2v) is 6.08. The van der Waals surface area contributed by atoms with Gasteiger partial charge in [-0.1, -0.05) is 19.9 Å². The van der Waals surface area contributed by atoms with Crippen molar-refractivity contribution >= 4 is 45.1 Å². The highest BCUT2D eigenvalue weighted by atomic mass is 79.9. The Balaban J connectivity index is 2.44. The van der Waals surface area contributed by atoms with E-state index in [0.29, 0.717) is 11.7 Å². The Morgan fingerprint density at radius 1 is 1.32 bits per heavy atom. The molecule has 8 heteroatoms. The number of rotatable bonds is 4. The summed E-state index contributed by atoms with van der Waals surface area (Å²) < 4.78 is 6.20. The third kappa shape index (κ3) is 6.40. The van der Waals surface area contributed by atoms with Gasteiger partial charge in [-0.3, -0.25) is 20.4 Å². The summed E-state index contributed by atoms with van der Waals surface area (Å²) in [5, 5.41) is 2.33. The zero-order valence-corrected chi connectivity index (χ0v) is 14.9. The van der Waals surface area contributed by atoms with E-state index in [2.05, 4.69) is 45.9 Å². The average Bonchev–Trinajstić information content (AvgIpc) is 2.42. The maximum Gasteiger partial charge on any atom is 0.276 e. The van der Waals surface area contributed by atoms with E-state index < -0.39 is 5.91 Å². The van der Waals surface area contributed by atoms with Gasteiger partial charge in [0.25, 0.3) is 5.91 Å². The van der Waals surface area contributed by atoms with Gasteiger partial charge in [0.15, 0.2) is 11.7 Å². The van der Waals surface area contributed by atoms with E-state index in [1.54, 1.807) is 0 Å². The van der Waals surface area contributed by atoms with Gasteiger partial charge in [-0.2, -0.15) is 0 Å². The van der Waals surface area contributed by atoms with Crippen LogP contribution < -0.4 is 20.9 Å². The molecule has 0 radical (unpaired) electrons. The topological polar surface area (TPSA) is 79.5 Å². The molecule has 6 nitrogen and oxygen atoms in total. The summed E-state index contributed by atoms with van der Waals surface area (Å²) >= 11 is 8.19. The molecule has 120 valence electrons. The normalized spacial score (nSPS) is 10.0. The Bertz CT molecular complexity index is 578. The quantitative estimate of drug-likeness (QED) is 0.543. The van der Waals surface area contributed by atoms with Gasteiger partial charge in [-0.15, -0.1) is 0 Å². The summed E-state index contributed by atoms with van der Waals surface area (Å²) in [6.45, 7) is 5.32. The maximum absolute atomic E-state index is 11.6. The number of thiocarbonyl (C=S) groups is 1. The molecule has 0 aromatic heterocycles. The number of ether oxygens (including phenoxy) is 1. The predicted molar refractivity (Wildman–Crippen MR) is 91.4 cm³/mol. The van der Waals surface area contributed by atoms with Gasteiger partial charge in [0.1, 0.15) is 5.75 Å². The second kappa shape index (κ2) is 8.70. The van der Waals surface area contributed by atoms with E-state index in [1.807, 2.05) is 18.2 Å². The van der Waals surface area contributed by atoms with Crippen molar-refractivity contribution in [3.63, 3.8) is 0 Å². The number of amides is 2. The fourth-order valence-corrected chi connectivity index (χ4v) is 2.20. The number of carbonyl (C=O) groups excluding carboxylic acids is 2. The van der Waals surface area contributed by atoms with Gasteiger partial charge in [0.05, 0.1) is 4.47 Å². The average molecular weight is 388 g/mol. The van der Waals surface area contributed by atoms with Crippen LogP contribution in [0.15, 0.2) is 22.7 Å². The van der Waals surface area contributed by atoms with Crippen LogP contribution in [0, 0.1) is 0 Å². The molecule has 0 aliphatic heterocycles. The van der Waals surface area contributed by atoms with E-state index in [4.69, 9.17) is 17.0 Å². The standard InChI is InChI=1S/C14H18BrN3O3S/c1-8(2)10-4-5-12(11(15)6-10)21-7-13(20)17-18-14(22)16-9(3)19/h4-6,8H,7H2,1-3H3,(H,17,20)(H2,16,18,19,22). The van der Waals surface area contributed by atoms with E-state index in [0.717, 1.165) is 4.47 Å². The Morgan fingerprint density at radius 2 is 2.00 bits per heavy atom. The molecule has 0 saturated heterocycles. The highest BCUT2D eigenvalue weighted by Crippen LogP contribution is 2.28. The zero-order chi connectivity index (χ0) is 16.7. The van der Waals surface area contributed by atoms with Crippen molar-refractivity contribution in [1.82, 2.24) is 16.2 Å². The molecule has 0 fully saturated rings. The summed E-state index contributed by atoms with van der Waals surface area (Å²) in [5.74, 6) is 0.237. The monoisotopic (exact) mass is 387 g/mol. The lowest BCUT2D eigenvalue weighted by Gasteiger charge is -2.12. The smallest absolute Gasteiger partial charge is 0.276 e. The molecule has 0 aliphatic rings. The van der Waals surface area contributed by atoms with Gasteiger partial charge >= 0.3 is 0 Å². The molecule has 2 amide bonds. The first-order chi connectivity index (χ1) is 10.3. The summed E-state index contributed by atoms with van der Waals surface area (Å²) in [5.41, 5.74) is 5.89. The molecule has 0 spiro atoms. The van der Waals surface area contributed by atoms with Crippen molar-refractivity contribution in [1.29, 1.82) is 0 Å². The van der Waals surface area contributed by atoms with Crippen molar-refractivity contribution in [2.45, 2.75) is 26.7 Å². The highest BCUT2D eigenvalue weighted by molar-refractivity contribution is 9.10. The second-order valence-electron chi connectivity index (χ2n) is 4.82. The first-order valence-electron chi connectivity index (χ1n) is 6.58. The fourth-order valence-electron chi connectivity index (χ4n) is 1.49. The third-order valence-electron chi connectivity index (χ3n) is 2.59. The fraction of sp³-hybridized carbons (Fsp3) is 0.357. The first-order valence-corrected chi connectivity index (χ1v) is 7.78. The summed E-state index contributed by atoms with van der Waals surface area (Å²) in [6.07, 6.45) is 0. The van der Waals surface area contributed by atoms with E-state index >= 15 is 0 Å². The van der Waals surface area contributed by atoms with E-state index in [-0.39, 0.29) is 17.6 Å². The molecule has 1 aromatic rings. The van der Waals surface area contributed by atoms with Crippen LogP contribution in [-0.2, 0) is 9.59 Å². The highest BCUT2D eigenvalue weighted by Gasteiger charge is 2.08. The number of hydrazine groups is 1. The summed E-state index contributed by atoms with van der Waals surface area (Å²) in [4.78, 5) is 22.3. The molecule has 0 atom stereocenters. The molecule has 0 heterocycles. The van der Waals surface area contributed by atoms with Gasteiger partial charge in [0.2, 0.25) is 5.91 Å². The first kappa shape index (κ1) is 18.4. The minimum Gasteiger partial charge on any atom is -0.483 e. The van der Waals surface area contributed by atoms with Crippen molar-refractivity contribution < 1.29 is 14.3 Å². The Hall–Kier alpha value is -1.67. The van der Waals surface area contributed by atoms with Crippen LogP contribution in [0.2, 0.25) is 0 Å². The zero-order valence-electron chi connectivity index (χ0n) is 12.5. The Kier molecular flexibility index (Phi) is 7.26. The number of carbonyl (C=O) groups is 2.